The highest BCUT2D eigenvalue weighted by Gasteiger charge is 2.13. The van der Waals surface area contributed by atoms with E-state index in [0.717, 1.165) is 0 Å². The molecule has 0 aliphatic carbocycles. The molecule has 1 aromatic heterocycles. The number of nitrogens with one attached hydrogen (secondary N) is 2. The van der Waals surface area contributed by atoms with Crippen molar-refractivity contribution in [2.24, 2.45) is 5.92 Å². The molecule has 0 aliphatic heterocycles. The lowest BCUT2D eigenvalue weighted by Gasteiger charge is -2.08. The second kappa shape index (κ2) is 5.62. The molecule has 2 aromatic rings. The number of aromatic amines is 1. The minimum Gasteiger partial charge on any atom is -0.273 e. The number of carbonyl (C=O) groups is 1. The summed E-state index contributed by atoms with van der Waals surface area (Å²) in [5, 5.41) is 7.00. The Bertz CT molecular complexity index is 649. The smallest absolute Gasteiger partial charge is 0.273 e. The lowest BCUT2D eigenvalue weighted by atomic mass is 10.1. The van der Waals surface area contributed by atoms with Gasteiger partial charge in [-0.25, -0.2) is 10.6 Å². The summed E-state index contributed by atoms with van der Waals surface area (Å²) in [7, 11) is 0. The molecule has 0 unspecified atom stereocenters. The maximum absolute atomic E-state index is 11.9. The van der Waals surface area contributed by atoms with Crippen LogP contribution in [0.2, 0.25) is 0 Å². The highest BCUT2D eigenvalue weighted by molar-refractivity contribution is 6.04. The van der Waals surface area contributed by atoms with Crippen LogP contribution in [0, 0.1) is 5.92 Å². The van der Waals surface area contributed by atoms with Gasteiger partial charge in [0.25, 0.3) is 11.5 Å². The summed E-state index contributed by atoms with van der Waals surface area (Å²) in [6, 6.07) is 6.79. The molecule has 19 heavy (non-hydrogen) atoms. The molecule has 0 saturated carbocycles. The first kappa shape index (κ1) is 13.2. The van der Waals surface area contributed by atoms with Gasteiger partial charge in [-0.2, -0.15) is 5.10 Å². The van der Waals surface area contributed by atoms with Gasteiger partial charge in [-0.05, 0) is 12.0 Å². The average molecular weight is 261 g/mol. The molecule has 0 aliphatic rings. The number of hydrogen-bond donors (Lipinski definition) is 2. The summed E-state index contributed by atoms with van der Waals surface area (Å²) in [6.45, 7) is 4.35. The maximum Gasteiger partial charge on any atom is 0.295 e. The maximum atomic E-state index is 11.9. The Morgan fingerprint density at radius 1 is 1.37 bits per heavy atom. The van der Waals surface area contributed by atoms with E-state index in [0.29, 0.717) is 23.3 Å². The van der Waals surface area contributed by atoms with Crippen LogP contribution in [0.4, 0.5) is 0 Å². The lowest BCUT2D eigenvalue weighted by molar-refractivity contribution is 0.0205. The predicted octanol–water partition coefficient (Wildman–Crippen LogP) is 1.24. The van der Waals surface area contributed by atoms with E-state index in [9.17, 15) is 9.59 Å². The van der Waals surface area contributed by atoms with Crippen molar-refractivity contribution in [3.8, 4) is 0 Å². The third-order valence-electron chi connectivity index (χ3n) is 2.49. The molecule has 0 saturated heterocycles. The monoisotopic (exact) mass is 261 g/mol. The third-order valence-corrected chi connectivity index (χ3v) is 2.49. The number of nitrogens with zero attached hydrogens (tertiary/aromatic N) is 1. The largest absolute Gasteiger partial charge is 0.295 e. The Morgan fingerprint density at radius 2 is 2.05 bits per heavy atom. The summed E-state index contributed by atoms with van der Waals surface area (Å²) in [5.74, 6) is -0.173. The molecule has 0 fully saturated rings. The van der Waals surface area contributed by atoms with Crippen LogP contribution in [0.1, 0.15) is 24.3 Å². The molecule has 2 rings (SSSR count). The number of aromatic nitrogens is 2. The first-order valence-corrected chi connectivity index (χ1v) is 5.99. The molecule has 1 heterocycles. The van der Waals surface area contributed by atoms with Crippen LogP contribution in [0.25, 0.3) is 10.8 Å². The summed E-state index contributed by atoms with van der Waals surface area (Å²) in [5.41, 5.74) is 2.13. The zero-order valence-electron chi connectivity index (χ0n) is 10.8. The number of hydrogen-bond acceptors (Lipinski definition) is 4. The molecule has 6 nitrogen and oxygen atoms in total. The number of rotatable bonds is 4. The van der Waals surface area contributed by atoms with Crippen LogP contribution < -0.4 is 11.0 Å². The van der Waals surface area contributed by atoms with Crippen LogP contribution in [-0.2, 0) is 4.84 Å². The Hall–Kier alpha value is -2.21. The third kappa shape index (κ3) is 2.97. The second-order valence-electron chi connectivity index (χ2n) is 4.58. The van der Waals surface area contributed by atoms with Gasteiger partial charge in [-0.1, -0.05) is 32.0 Å². The molecule has 1 amide bonds. The van der Waals surface area contributed by atoms with Crippen molar-refractivity contribution in [2.45, 2.75) is 13.8 Å². The van der Waals surface area contributed by atoms with Crippen molar-refractivity contribution in [3.63, 3.8) is 0 Å². The van der Waals surface area contributed by atoms with Crippen LogP contribution >= 0.6 is 0 Å². The first-order valence-electron chi connectivity index (χ1n) is 5.99. The van der Waals surface area contributed by atoms with E-state index < -0.39 is 5.91 Å². The normalized spacial score (nSPS) is 10.9. The summed E-state index contributed by atoms with van der Waals surface area (Å²) in [6.07, 6.45) is 0. The van der Waals surface area contributed by atoms with Gasteiger partial charge in [-0.15, -0.1) is 0 Å². The highest BCUT2D eigenvalue weighted by atomic mass is 16.6. The Labute approximate surface area is 109 Å². The standard InChI is InChI=1S/C13H15N3O3/c1-8(2)7-19-16-13(18)11-9-5-3-4-6-10(9)12(17)15-14-11/h3-6,8H,7H2,1-2H3,(H,15,17)(H,16,18). The molecular formula is C13H15N3O3. The van der Waals surface area contributed by atoms with Crippen LogP contribution in [0.3, 0.4) is 0 Å². The highest BCUT2D eigenvalue weighted by Crippen LogP contribution is 2.11. The summed E-state index contributed by atoms with van der Waals surface area (Å²) < 4.78 is 0. The van der Waals surface area contributed by atoms with Crippen molar-refractivity contribution >= 4 is 16.7 Å². The quantitative estimate of drug-likeness (QED) is 0.811. The number of carbonyl (C=O) groups excluding carboxylic acids is 1. The average Bonchev–Trinajstić information content (AvgIpc) is 2.39. The molecule has 0 radical (unpaired) electrons. The van der Waals surface area contributed by atoms with Crippen molar-refractivity contribution < 1.29 is 9.63 Å². The fraction of sp³-hybridized carbons (Fsp3) is 0.308. The summed E-state index contributed by atoms with van der Waals surface area (Å²) in [4.78, 5) is 28.6. The number of hydroxylamine groups is 1. The van der Waals surface area contributed by atoms with E-state index in [1.165, 1.54) is 0 Å². The van der Waals surface area contributed by atoms with Crippen LogP contribution in [0.15, 0.2) is 29.1 Å². The zero-order valence-corrected chi connectivity index (χ0v) is 10.8. The van der Waals surface area contributed by atoms with Gasteiger partial charge in [-0.3, -0.25) is 14.4 Å². The summed E-state index contributed by atoms with van der Waals surface area (Å²) >= 11 is 0. The first-order chi connectivity index (χ1) is 9.09. The Morgan fingerprint density at radius 3 is 2.74 bits per heavy atom. The Balaban J connectivity index is 2.28. The van der Waals surface area contributed by atoms with Gasteiger partial charge in [0.2, 0.25) is 0 Å². The van der Waals surface area contributed by atoms with E-state index in [1.54, 1.807) is 24.3 Å². The van der Waals surface area contributed by atoms with Crippen molar-refractivity contribution in [1.82, 2.24) is 15.7 Å². The van der Waals surface area contributed by atoms with Crippen molar-refractivity contribution in [2.75, 3.05) is 6.61 Å². The molecule has 0 bridgehead atoms. The van der Waals surface area contributed by atoms with Crippen LogP contribution in [0.5, 0.6) is 0 Å². The topological polar surface area (TPSA) is 84.1 Å². The second-order valence-corrected chi connectivity index (χ2v) is 4.58. The molecule has 0 spiro atoms. The predicted molar refractivity (Wildman–Crippen MR) is 70.6 cm³/mol. The molecule has 2 N–H and O–H groups in total. The van der Waals surface area contributed by atoms with Gasteiger partial charge in [0.05, 0.1) is 12.0 Å². The number of benzene rings is 1. The van der Waals surface area contributed by atoms with E-state index in [4.69, 9.17) is 4.84 Å². The minimum atomic E-state index is -0.479. The number of H-pyrrole nitrogens is 1. The van der Waals surface area contributed by atoms with E-state index in [1.807, 2.05) is 13.8 Å². The van der Waals surface area contributed by atoms with Crippen molar-refractivity contribution in [3.05, 3.63) is 40.3 Å². The Kier molecular flexibility index (Phi) is 3.91. The fourth-order valence-corrected chi connectivity index (χ4v) is 1.61. The molecular weight excluding hydrogens is 246 g/mol. The SMILES string of the molecule is CC(C)CONC(=O)c1n[nH]c(=O)c2ccccc12. The van der Waals surface area contributed by atoms with E-state index >= 15 is 0 Å². The molecule has 100 valence electrons. The molecule has 1 aromatic carbocycles. The van der Waals surface area contributed by atoms with Gasteiger partial charge >= 0.3 is 0 Å². The lowest BCUT2D eigenvalue weighted by Crippen LogP contribution is -2.28. The number of amides is 1. The van der Waals surface area contributed by atoms with Crippen molar-refractivity contribution in [1.29, 1.82) is 0 Å². The minimum absolute atomic E-state index is 0.138. The van der Waals surface area contributed by atoms with Gasteiger partial charge in [0, 0.05) is 5.39 Å². The number of fused-ring (bicyclic) bond motifs is 1. The van der Waals surface area contributed by atoms with Gasteiger partial charge < -0.3 is 0 Å². The fourth-order valence-electron chi connectivity index (χ4n) is 1.61. The van der Waals surface area contributed by atoms with Crippen LogP contribution in [-0.4, -0.2) is 22.7 Å². The van der Waals surface area contributed by atoms with E-state index in [-0.39, 0.29) is 11.3 Å². The van der Waals surface area contributed by atoms with Gasteiger partial charge in [0.15, 0.2) is 5.69 Å². The molecule has 6 heteroatoms. The molecule has 0 atom stereocenters. The zero-order chi connectivity index (χ0) is 13.8. The van der Waals surface area contributed by atoms with Gasteiger partial charge in [0.1, 0.15) is 0 Å². The van der Waals surface area contributed by atoms with E-state index in [2.05, 4.69) is 15.7 Å².